The van der Waals surface area contributed by atoms with Crippen LogP contribution in [0.3, 0.4) is 0 Å². The molecule has 3 rings (SSSR count). The van der Waals surface area contributed by atoms with Crippen molar-refractivity contribution < 1.29 is 0 Å². The average molecular weight is 402 g/mol. The van der Waals surface area contributed by atoms with Gasteiger partial charge in [-0.1, -0.05) is 29.8 Å². The first kappa shape index (κ1) is 18.9. The molecule has 2 aromatic heterocycles. The monoisotopic (exact) mass is 401 g/mol. The zero-order valence-electron chi connectivity index (χ0n) is 14.7. The molecular weight excluding hydrogens is 386 g/mol. The number of benzene rings is 1. The van der Waals surface area contributed by atoms with Crippen LogP contribution in [-0.4, -0.2) is 20.7 Å². The van der Waals surface area contributed by atoms with Gasteiger partial charge in [-0.3, -0.25) is 13.9 Å². The molecule has 9 heteroatoms. The number of halogens is 1. The van der Waals surface area contributed by atoms with Crippen LogP contribution in [0.4, 0.5) is 5.82 Å². The first-order chi connectivity index (χ1) is 12.9. The molecule has 0 amide bonds. The van der Waals surface area contributed by atoms with Crippen molar-refractivity contribution in [3.05, 3.63) is 66.8 Å². The molecule has 0 spiro atoms. The van der Waals surface area contributed by atoms with Gasteiger partial charge >= 0.3 is 5.69 Å². The maximum Gasteiger partial charge on any atom is 0.332 e. The highest BCUT2D eigenvalue weighted by atomic mass is 35.5. The van der Waals surface area contributed by atoms with Crippen molar-refractivity contribution >= 4 is 28.8 Å². The predicted octanol–water partition coefficient (Wildman–Crippen LogP) is 2.39. The summed E-state index contributed by atoms with van der Waals surface area (Å²) in [4.78, 5) is 28.7. The SMILES string of the molecule is Cn1c(NCCc2csc(-c3ccccc3Cl)n2)c(C#N)c(=O)n(C)c1=O. The normalized spacial score (nSPS) is 10.6. The van der Waals surface area contributed by atoms with Gasteiger partial charge in [0.2, 0.25) is 0 Å². The molecule has 0 bridgehead atoms. The molecule has 0 aliphatic heterocycles. The smallest absolute Gasteiger partial charge is 0.332 e. The lowest BCUT2D eigenvalue weighted by atomic mass is 10.2. The van der Waals surface area contributed by atoms with Crippen LogP contribution in [0, 0.1) is 11.3 Å². The predicted molar refractivity (Wildman–Crippen MR) is 106 cm³/mol. The largest absolute Gasteiger partial charge is 0.370 e. The summed E-state index contributed by atoms with van der Waals surface area (Å²) in [5.41, 5.74) is 0.544. The Balaban J connectivity index is 1.77. The number of rotatable bonds is 5. The van der Waals surface area contributed by atoms with Crippen molar-refractivity contribution in [1.82, 2.24) is 14.1 Å². The van der Waals surface area contributed by atoms with E-state index in [-0.39, 0.29) is 11.4 Å². The minimum absolute atomic E-state index is 0.0883. The maximum atomic E-state index is 12.1. The van der Waals surface area contributed by atoms with E-state index in [2.05, 4.69) is 10.3 Å². The van der Waals surface area contributed by atoms with Crippen LogP contribution in [0.2, 0.25) is 5.02 Å². The van der Waals surface area contributed by atoms with Crippen LogP contribution in [-0.2, 0) is 20.5 Å². The molecule has 7 nitrogen and oxygen atoms in total. The molecule has 0 aliphatic rings. The lowest BCUT2D eigenvalue weighted by molar-refractivity contribution is 0.685. The Hall–Kier alpha value is -2.89. The Morgan fingerprint density at radius 3 is 2.70 bits per heavy atom. The van der Waals surface area contributed by atoms with Crippen molar-refractivity contribution in [2.24, 2.45) is 14.1 Å². The fourth-order valence-corrected chi connectivity index (χ4v) is 3.82. The Kier molecular flexibility index (Phi) is 5.44. The number of thiazole rings is 1. The van der Waals surface area contributed by atoms with Crippen LogP contribution in [0.1, 0.15) is 11.3 Å². The Bertz CT molecular complexity index is 1160. The second-order valence-electron chi connectivity index (χ2n) is 5.84. The molecule has 3 aromatic rings. The fourth-order valence-electron chi connectivity index (χ4n) is 2.64. The number of hydrogen-bond donors (Lipinski definition) is 1. The van der Waals surface area contributed by atoms with Crippen LogP contribution >= 0.6 is 22.9 Å². The third-order valence-electron chi connectivity index (χ3n) is 4.11. The van der Waals surface area contributed by atoms with Crippen LogP contribution < -0.4 is 16.6 Å². The molecule has 0 aliphatic carbocycles. The molecule has 0 saturated carbocycles. The number of nitrogens with zero attached hydrogens (tertiary/aromatic N) is 4. The van der Waals surface area contributed by atoms with E-state index in [9.17, 15) is 14.9 Å². The first-order valence-corrected chi connectivity index (χ1v) is 9.33. The summed E-state index contributed by atoms with van der Waals surface area (Å²) in [7, 11) is 2.87. The third-order valence-corrected chi connectivity index (χ3v) is 5.36. The molecule has 0 radical (unpaired) electrons. The Morgan fingerprint density at radius 2 is 2.00 bits per heavy atom. The molecule has 0 unspecified atom stereocenters. The molecule has 0 saturated heterocycles. The summed E-state index contributed by atoms with van der Waals surface area (Å²) in [5, 5.41) is 15.7. The zero-order chi connectivity index (χ0) is 19.6. The highest BCUT2D eigenvalue weighted by Crippen LogP contribution is 2.30. The molecule has 1 aromatic carbocycles. The van der Waals surface area contributed by atoms with Gasteiger partial charge in [0.15, 0.2) is 5.56 Å². The van der Waals surface area contributed by atoms with E-state index in [4.69, 9.17) is 11.6 Å². The fraction of sp³-hybridized carbons (Fsp3) is 0.222. The molecule has 1 N–H and O–H groups in total. The molecular formula is C18H16ClN5O2S. The number of hydrogen-bond acceptors (Lipinski definition) is 6. The number of nitriles is 1. The van der Waals surface area contributed by atoms with E-state index in [1.165, 1.54) is 30.0 Å². The van der Waals surface area contributed by atoms with E-state index in [0.717, 1.165) is 20.8 Å². The number of anilines is 1. The van der Waals surface area contributed by atoms with Gasteiger partial charge in [0.25, 0.3) is 5.56 Å². The molecule has 0 atom stereocenters. The quantitative estimate of drug-likeness (QED) is 0.708. The third kappa shape index (κ3) is 3.65. The van der Waals surface area contributed by atoms with Crippen molar-refractivity contribution in [2.75, 3.05) is 11.9 Å². The number of aromatic nitrogens is 3. The summed E-state index contributed by atoms with van der Waals surface area (Å²) in [6.45, 7) is 0.417. The number of nitrogens with one attached hydrogen (secondary N) is 1. The maximum absolute atomic E-state index is 12.1. The van der Waals surface area contributed by atoms with Gasteiger partial charge < -0.3 is 5.32 Å². The summed E-state index contributed by atoms with van der Waals surface area (Å²) >= 11 is 7.70. The minimum atomic E-state index is -0.613. The van der Waals surface area contributed by atoms with Crippen molar-refractivity contribution in [2.45, 2.75) is 6.42 Å². The van der Waals surface area contributed by atoms with E-state index in [1.807, 2.05) is 35.7 Å². The molecule has 138 valence electrons. The van der Waals surface area contributed by atoms with E-state index in [1.54, 1.807) is 0 Å². The second kappa shape index (κ2) is 7.78. The van der Waals surface area contributed by atoms with Gasteiger partial charge in [0, 0.05) is 38.0 Å². The van der Waals surface area contributed by atoms with Gasteiger partial charge in [-0.05, 0) is 6.07 Å². The molecule has 0 fully saturated rings. The van der Waals surface area contributed by atoms with Crippen LogP contribution in [0.15, 0.2) is 39.2 Å². The van der Waals surface area contributed by atoms with Gasteiger partial charge in [-0.15, -0.1) is 11.3 Å². The van der Waals surface area contributed by atoms with Gasteiger partial charge in [0.1, 0.15) is 16.9 Å². The summed E-state index contributed by atoms with van der Waals surface area (Å²) < 4.78 is 2.18. The van der Waals surface area contributed by atoms with Crippen molar-refractivity contribution in [3.8, 4) is 16.6 Å². The van der Waals surface area contributed by atoms with Crippen LogP contribution in [0.25, 0.3) is 10.6 Å². The van der Waals surface area contributed by atoms with Crippen LogP contribution in [0.5, 0.6) is 0 Å². The topological polar surface area (TPSA) is 92.7 Å². The van der Waals surface area contributed by atoms with Crippen molar-refractivity contribution in [1.29, 1.82) is 5.26 Å². The lowest BCUT2D eigenvalue weighted by Crippen LogP contribution is -2.40. The van der Waals surface area contributed by atoms with E-state index < -0.39 is 11.2 Å². The van der Waals surface area contributed by atoms with Gasteiger partial charge in [-0.2, -0.15) is 5.26 Å². The van der Waals surface area contributed by atoms with Crippen molar-refractivity contribution in [3.63, 3.8) is 0 Å². The molecule has 2 heterocycles. The lowest BCUT2D eigenvalue weighted by Gasteiger charge is -2.13. The first-order valence-electron chi connectivity index (χ1n) is 8.07. The van der Waals surface area contributed by atoms with E-state index >= 15 is 0 Å². The highest BCUT2D eigenvalue weighted by molar-refractivity contribution is 7.13. The molecule has 27 heavy (non-hydrogen) atoms. The summed E-state index contributed by atoms with van der Waals surface area (Å²) in [6, 6.07) is 9.38. The highest BCUT2D eigenvalue weighted by Gasteiger charge is 2.15. The minimum Gasteiger partial charge on any atom is -0.370 e. The Labute approximate surface area is 164 Å². The summed E-state index contributed by atoms with van der Waals surface area (Å²) in [5.74, 6) is 0.215. The average Bonchev–Trinajstić information content (AvgIpc) is 3.13. The van der Waals surface area contributed by atoms with E-state index in [0.29, 0.717) is 18.0 Å². The van der Waals surface area contributed by atoms with Gasteiger partial charge in [-0.25, -0.2) is 9.78 Å². The Morgan fingerprint density at radius 1 is 1.26 bits per heavy atom. The zero-order valence-corrected chi connectivity index (χ0v) is 16.3. The second-order valence-corrected chi connectivity index (χ2v) is 7.11. The standard InChI is InChI=1S/C18H16ClN5O2S/c1-23-15(13(9-20)17(25)24(2)18(23)26)21-8-7-11-10-27-16(22-11)12-5-3-4-6-14(12)19/h3-6,10,21H,7-8H2,1-2H3. The summed E-state index contributed by atoms with van der Waals surface area (Å²) in [6.07, 6.45) is 0.565. The van der Waals surface area contributed by atoms with Gasteiger partial charge in [0.05, 0.1) is 10.7 Å².